The zero-order valence-corrected chi connectivity index (χ0v) is 9.27. The van der Waals surface area contributed by atoms with Crippen molar-refractivity contribution in [1.29, 1.82) is 5.26 Å². The third kappa shape index (κ3) is 1.10. The highest BCUT2D eigenvalue weighted by Crippen LogP contribution is 2.43. The molecule has 2 aromatic heterocycles. The van der Waals surface area contributed by atoms with Gasteiger partial charge in [-0.15, -0.1) is 0 Å². The van der Waals surface area contributed by atoms with E-state index < -0.39 is 0 Å². The zero-order valence-electron chi connectivity index (χ0n) is 9.27. The van der Waals surface area contributed by atoms with E-state index in [0.717, 1.165) is 36.2 Å². The second-order valence-corrected chi connectivity index (χ2v) is 4.59. The summed E-state index contributed by atoms with van der Waals surface area (Å²) in [4.78, 5) is 4.34. The standard InChI is InChI=1S/C13H13N3/c1-10-8-15-12-7-11(3-6-16(10)12)13(9-14)4-2-5-13/h3,6-8H,2,4-5H2,1H3. The summed E-state index contributed by atoms with van der Waals surface area (Å²) in [7, 11) is 0. The maximum absolute atomic E-state index is 9.29. The largest absolute Gasteiger partial charge is 0.304 e. The molecular formula is C13H13N3. The summed E-state index contributed by atoms with van der Waals surface area (Å²) in [5.41, 5.74) is 2.96. The average Bonchev–Trinajstić information content (AvgIpc) is 2.60. The highest BCUT2D eigenvalue weighted by atomic mass is 15.0. The predicted octanol–water partition coefficient (Wildman–Crippen LogP) is 2.59. The maximum Gasteiger partial charge on any atom is 0.137 e. The molecule has 2 aromatic rings. The summed E-state index contributed by atoms with van der Waals surface area (Å²) >= 11 is 0. The summed E-state index contributed by atoms with van der Waals surface area (Å²) in [6, 6.07) is 6.58. The molecule has 0 N–H and O–H groups in total. The van der Waals surface area contributed by atoms with Crippen molar-refractivity contribution >= 4 is 5.65 Å². The van der Waals surface area contributed by atoms with Gasteiger partial charge in [-0.25, -0.2) is 4.98 Å². The lowest BCUT2D eigenvalue weighted by Gasteiger charge is -2.35. The molecule has 3 rings (SSSR count). The number of aromatic nitrogens is 2. The Morgan fingerprint density at radius 1 is 1.50 bits per heavy atom. The lowest BCUT2D eigenvalue weighted by Crippen LogP contribution is -2.32. The van der Waals surface area contributed by atoms with Gasteiger partial charge in [-0.2, -0.15) is 5.26 Å². The van der Waals surface area contributed by atoms with Crippen LogP contribution < -0.4 is 0 Å². The minimum Gasteiger partial charge on any atom is -0.304 e. The smallest absolute Gasteiger partial charge is 0.137 e. The molecule has 0 unspecified atom stereocenters. The molecule has 0 saturated heterocycles. The summed E-state index contributed by atoms with van der Waals surface area (Å²) in [6.07, 6.45) is 7.01. The van der Waals surface area contributed by atoms with Gasteiger partial charge in [0.2, 0.25) is 0 Å². The summed E-state index contributed by atoms with van der Waals surface area (Å²) in [5.74, 6) is 0. The van der Waals surface area contributed by atoms with Crippen LogP contribution in [-0.4, -0.2) is 9.38 Å². The highest BCUT2D eigenvalue weighted by molar-refractivity contribution is 5.48. The molecular weight excluding hydrogens is 198 g/mol. The molecule has 16 heavy (non-hydrogen) atoms. The van der Waals surface area contributed by atoms with Gasteiger partial charge in [0.15, 0.2) is 0 Å². The maximum atomic E-state index is 9.29. The van der Waals surface area contributed by atoms with Crippen LogP contribution >= 0.6 is 0 Å². The van der Waals surface area contributed by atoms with Gasteiger partial charge in [-0.3, -0.25) is 0 Å². The van der Waals surface area contributed by atoms with E-state index in [0.29, 0.717) is 0 Å². The van der Waals surface area contributed by atoms with Crippen LogP contribution in [-0.2, 0) is 5.41 Å². The van der Waals surface area contributed by atoms with E-state index in [4.69, 9.17) is 0 Å². The molecule has 0 bridgehead atoms. The van der Waals surface area contributed by atoms with Gasteiger partial charge in [-0.05, 0) is 43.9 Å². The molecule has 80 valence electrons. The average molecular weight is 211 g/mol. The predicted molar refractivity (Wildman–Crippen MR) is 61.1 cm³/mol. The van der Waals surface area contributed by atoms with Crippen LogP contribution in [0, 0.1) is 18.3 Å². The van der Waals surface area contributed by atoms with Gasteiger partial charge < -0.3 is 4.40 Å². The molecule has 0 aromatic carbocycles. The van der Waals surface area contributed by atoms with Crippen LogP contribution in [0.1, 0.15) is 30.5 Å². The van der Waals surface area contributed by atoms with E-state index in [2.05, 4.69) is 23.2 Å². The molecule has 0 spiro atoms. The van der Waals surface area contributed by atoms with E-state index in [1.165, 1.54) is 0 Å². The number of nitriles is 1. The van der Waals surface area contributed by atoms with Crippen molar-refractivity contribution in [2.45, 2.75) is 31.6 Å². The van der Waals surface area contributed by atoms with Gasteiger partial charge in [0.25, 0.3) is 0 Å². The van der Waals surface area contributed by atoms with Gasteiger partial charge in [0, 0.05) is 18.1 Å². The quantitative estimate of drug-likeness (QED) is 0.727. The second kappa shape index (κ2) is 3.08. The topological polar surface area (TPSA) is 41.1 Å². The number of pyridine rings is 1. The van der Waals surface area contributed by atoms with Crippen LogP contribution in [0.5, 0.6) is 0 Å². The number of nitrogens with zero attached hydrogens (tertiary/aromatic N) is 3. The minimum absolute atomic E-state index is 0.235. The van der Waals surface area contributed by atoms with Gasteiger partial charge in [0.1, 0.15) is 5.65 Å². The SMILES string of the molecule is Cc1cnc2cc(C3(C#N)CCC3)ccn12. The highest BCUT2D eigenvalue weighted by Gasteiger charge is 2.39. The zero-order chi connectivity index (χ0) is 11.2. The Morgan fingerprint density at radius 3 is 2.94 bits per heavy atom. The lowest BCUT2D eigenvalue weighted by molar-refractivity contribution is 0.324. The summed E-state index contributed by atoms with van der Waals surface area (Å²) in [5, 5.41) is 9.29. The molecule has 1 fully saturated rings. The first-order valence-corrected chi connectivity index (χ1v) is 5.61. The van der Waals surface area contributed by atoms with Crippen LogP contribution in [0.3, 0.4) is 0 Å². The van der Waals surface area contributed by atoms with Crippen molar-refractivity contribution in [1.82, 2.24) is 9.38 Å². The van der Waals surface area contributed by atoms with Crippen molar-refractivity contribution in [3.8, 4) is 6.07 Å². The Morgan fingerprint density at radius 2 is 2.31 bits per heavy atom. The number of hydrogen-bond acceptors (Lipinski definition) is 2. The monoisotopic (exact) mass is 211 g/mol. The number of rotatable bonds is 1. The lowest BCUT2D eigenvalue weighted by atomic mass is 9.66. The van der Waals surface area contributed by atoms with Crippen LogP contribution in [0.15, 0.2) is 24.5 Å². The van der Waals surface area contributed by atoms with Crippen LogP contribution in [0.4, 0.5) is 0 Å². The molecule has 0 atom stereocenters. The molecule has 1 aliphatic rings. The first kappa shape index (κ1) is 9.41. The molecule has 1 saturated carbocycles. The Balaban J connectivity index is 2.16. The first-order valence-electron chi connectivity index (χ1n) is 5.61. The number of imidazole rings is 1. The van der Waals surface area contributed by atoms with Gasteiger partial charge in [0.05, 0.1) is 11.5 Å². The molecule has 0 aliphatic heterocycles. The van der Waals surface area contributed by atoms with Crippen molar-refractivity contribution in [2.24, 2.45) is 0 Å². The van der Waals surface area contributed by atoms with Crippen molar-refractivity contribution in [2.75, 3.05) is 0 Å². The number of hydrogen-bond donors (Lipinski definition) is 0. The summed E-state index contributed by atoms with van der Waals surface area (Å²) in [6.45, 7) is 2.03. The van der Waals surface area contributed by atoms with Crippen LogP contribution in [0.2, 0.25) is 0 Å². The Kier molecular flexibility index (Phi) is 1.81. The third-order valence-corrected chi connectivity index (χ3v) is 3.67. The van der Waals surface area contributed by atoms with E-state index in [1.54, 1.807) is 0 Å². The fourth-order valence-corrected chi connectivity index (χ4v) is 2.40. The van der Waals surface area contributed by atoms with Crippen molar-refractivity contribution in [3.05, 3.63) is 35.8 Å². The molecule has 0 amide bonds. The summed E-state index contributed by atoms with van der Waals surface area (Å²) < 4.78 is 2.05. The normalized spacial score (nSPS) is 18.0. The number of fused-ring (bicyclic) bond motifs is 1. The Hall–Kier alpha value is -1.82. The number of aryl methyl sites for hydroxylation is 1. The van der Waals surface area contributed by atoms with Crippen LogP contribution in [0.25, 0.3) is 5.65 Å². The van der Waals surface area contributed by atoms with Gasteiger partial charge >= 0.3 is 0 Å². The third-order valence-electron chi connectivity index (χ3n) is 3.67. The first-order chi connectivity index (χ1) is 7.75. The van der Waals surface area contributed by atoms with E-state index in [1.807, 2.05) is 23.7 Å². The fourth-order valence-electron chi connectivity index (χ4n) is 2.40. The second-order valence-electron chi connectivity index (χ2n) is 4.59. The fraction of sp³-hybridized carbons (Fsp3) is 0.385. The molecule has 3 heteroatoms. The van der Waals surface area contributed by atoms with E-state index in [-0.39, 0.29) is 5.41 Å². The Bertz CT molecular complexity index is 585. The molecule has 2 heterocycles. The minimum atomic E-state index is -0.235. The van der Waals surface area contributed by atoms with Crippen molar-refractivity contribution < 1.29 is 0 Å². The van der Waals surface area contributed by atoms with E-state index in [9.17, 15) is 5.26 Å². The van der Waals surface area contributed by atoms with Gasteiger partial charge in [-0.1, -0.05) is 0 Å². The van der Waals surface area contributed by atoms with Crippen molar-refractivity contribution in [3.63, 3.8) is 0 Å². The molecule has 1 aliphatic carbocycles. The van der Waals surface area contributed by atoms with E-state index >= 15 is 0 Å². The molecule has 0 radical (unpaired) electrons. The Labute approximate surface area is 94.3 Å². The molecule has 3 nitrogen and oxygen atoms in total.